The third-order valence-corrected chi connectivity index (χ3v) is 6.06. The third kappa shape index (κ3) is 2.61. The largest absolute Gasteiger partial charge is 0.486 e. The molecule has 5 nitrogen and oxygen atoms in total. The maximum Gasteiger partial charge on any atom is 0.163 e. The van der Waals surface area contributed by atoms with Crippen molar-refractivity contribution in [3.63, 3.8) is 0 Å². The molecule has 1 aliphatic carbocycles. The van der Waals surface area contributed by atoms with Crippen molar-refractivity contribution in [2.45, 2.75) is 26.2 Å². The molecule has 1 aliphatic heterocycles. The Morgan fingerprint density at radius 1 is 1.16 bits per heavy atom. The molecule has 128 valence electrons. The number of benzene rings is 1. The number of thiophene rings is 1. The van der Waals surface area contributed by atoms with Gasteiger partial charge >= 0.3 is 0 Å². The summed E-state index contributed by atoms with van der Waals surface area (Å²) in [6.07, 6.45) is 5.14. The Balaban J connectivity index is 1.55. The van der Waals surface area contributed by atoms with Crippen molar-refractivity contribution < 1.29 is 9.47 Å². The van der Waals surface area contributed by atoms with Crippen LogP contribution in [0.2, 0.25) is 0 Å². The topological polar surface area (TPSA) is 56.3 Å². The lowest BCUT2D eigenvalue weighted by molar-refractivity contribution is 0.171. The van der Waals surface area contributed by atoms with E-state index in [9.17, 15) is 0 Å². The highest BCUT2D eigenvalue weighted by Crippen LogP contribution is 2.41. The molecule has 0 fully saturated rings. The van der Waals surface area contributed by atoms with Gasteiger partial charge in [-0.15, -0.1) is 11.3 Å². The van der Waals surface area contributed by atoms with Gasteiger partial charge in [-0.05, 0) is 42.9 Å². The zero-order chi connectivity index (χ0) is 16.8. The predicted octanol–water partition coefficient (Wildman–Crippen LogP) is 4.33. The second-order valence-electron chi connectivity index (χ2n) is 6.74. The molecule has 2 aromatic heterocycles. The van der Waals surface area contributed by atoms with Crippen molar-refractivity contribution >= 4 is 33.1 Å². The van der Waals surface area contributed by atoms with E-state index in [4.69, 9.17) is 9.47 Å². The number of fused-ring (bicyclic) bond motifs is 4. The number of hydrogen-bond acceptors (Lipinski definition) is 6. The summed E-state index contributed by atoms with van der Waals surface area (Å²) in [4.78, 5) is 11.6. The lowest BCUT2D eigenvalue weighted by atomic mass is 9.89. The highest BCUT2D eigenvalue weighted by molar-refractivity contribution is 7.19. The van der Waals surface area contributed by atoms with Crippen LogP contribution in [-0.4, -0.2) is 23.2 Å². The van der Waals surface area contributed by atoms with E-state index in [0.717, 1.165) is 46.6 Å². The van der Waals surface area contributed by atoms with Crippen molar-refractivity contribution in [1.29, 1.82) is 0 Å². The minimum absolute atomic E-state index is 0.588. The smallest absolute Gasteiger partial charge is 0.163 e. The second kappa shape index (κ2) is 5.88. The van der Waals surface area contributed by atoms with Gasteiger partial charge in [0.2, 0.25) is 0 Å². The lowest BCUT2D eigenvalue weighted by Gasteiger charge is -2.20. The molecule has 0 saturated carbocycles. The van der Waals surface area contributed by atoms with Crippen molar-refractivity contribution in [2.75, 3.05) is 18.5 Å². The van der Waals surface area contributed by atoms with Crippen LogP contribution < -0.4 is 14.8 Å². The first-order valence-electron chi connectivity index (χ1n) is 8.70. The molecule has 0 bridgehead atoms. The Labute approximate surface area is 150 Å². The van der Waals surface area contributed by atoms with E-state index in [1.165, 1.54) is 22.2 Å². The van der Waals surface area contributed by atoms with Gasteiger partial charge in [-0.3, -0.25) is 0 Å². The fourth-order valence-corrected chi connectivity index (χ4v) is 4.98. The summed E-state index contributed by atoms with van der Waals surface area (Å²) in [7, 11) is 0. The first kappa shape index (κ1) is 15.0. The fraction of sp³-hybridized carbons (Fsp3) is 0.368. The van der Waals surface area contributed by atoms with Crippen LogP contribution in [0.3, 0.4) is 0 Å². The highest BCUT2D eigenvalue weighted by Gasteiger charge is 2.23. The Morgan fingerprint density at radius 3 is 2.96 bits per heavy atom. The third-order valence-electron chi connectivity index (χ3n) is 4.90. The van der Waals surface area contributed by atoms with E-state index < -0.39 is 0 Å². The molecule has 0 saturated heterocycles. The Morgan fingerprint density at radius 2 is 2.04 bits per heavy atom. The van der Waals surface area contributed by atoms with Crippen LogP contribution in [-0.2, 0) is 12.8 Å². The van der Waals surface area contributed by atoms with E-state index >= 15 is 0 Å². The van der Waals surface area contributed by atoms with Crippen molar-refractivity contribution in [2.24, 2.45) is 5.92 Å². The van der Waals surface area contributed by atoms with Crippen molar-refractivity contribution in [3.8, 4) is 11.5 Å². The predicted molar refractivity (Wildman–Crippen MR) is 99.3 cm³/mol. The number of hydrogen-bond donors (Lipinski definition) is 1. The number of aromatic nitrogens is 2. The van der Waals surface area contributed by atoms with Crippen LogP contribution in [0.5, 0.6) is 11.5 Å². The molecule has 6 heteroatoms. The summed E-state index contributed by atoms with van der Waals surface area (Å²) >= 11 is 1.82. The molecule has 0 radical (unpaired) electrons. The monoisotopic (exact) mass is 353 g/mol. The maximum atomic E-state index is 5.68. The molecule has 0 spiro atoms. The van der Waals surface area contributed by atoms with Gasteiger partial charge in [0.1, 0.15) is 30.2 Å². The van der Waals surface area contributed by atoms with Crippen LogP contribution in [0.15, 0.2) is 24.5 Å². The average Bonchev–Trinajstić information content (AvgIpc) is 3.00. The van der Waals surface area contributed by atoms with Crippen LogP contribution in [0.25, 0.3) is 10.2 Å². The minimum Gasteiger partial charge on any atom is -0.486 e. The van der Waals surface area contributed by atoms with E-state index in [-0.39, 0.29) is 0 Å². The maximum absolute atomic E-state index is 5.68. The summed E-state index contributed by atoms with van der Waals surface area (Å²) in [5.41, 5.74) is 2.38. The molecular weight excluding hydrogens is 334 g/mol. The number of nitrogens with zero attached hydrogens (tertiary/aromatic N) is 2. The summed E-state index contributed by atoms with van der Waals surface area (Å²) in [6, 6.07) is 5.92. The van der Waals surface area contributed by atoms with Gasteiger partial charge < -0.3 is 14.8 Å². The van der Waals surface area contributed by atoms with Crippen molar-refractivity contribution in [3.05, 3.63) is 35.0 Å². The zero-order valence-corrected chi connectivity index (χ0v) is 14.9. The first-order chi connectivity index (χ1) is 12.3. The number of rotatable bonds is 2. The van der Waals surface area contributed by atoms with Gasteiger partial charge in [-0.1, -0.05) is 6.92 Å². The summed E-state index contributed by atoms with van der Waals surface area (Å²) in [5.74, 6) is 3.21. The number of ether oxygens (including phenoxy) is 2. The van der Waals surface area contributed by atoms with Crippen LogP contribution in [0, 0.1) is 5.92 Å². The Bertz CT molecular complexity index is 953. The van der Waals surface area contributed by atoms with Crippen LogP contribution >= 0.6 is 11.3 Å². The molecule has 1 unspecified atom stereocenters. The lowest BCUT2D eigenvalue weighted by Crippen LogP contribution is -2.15. The number of anilines is 2. The molecule has 1 N–H and O–H groups in total. The number of nitrogens with one attached hydrogen (secondary N) is 1. The van der Waals surface area contributed by atoms with Crippen LogP contribution in [0.1, 0.15) is 23.8 Å². The second-order valence-corrected chi connectivity index (χ2v) is 7.82. The Hall–Kier alpha value is -2.34. The summed E-state index contributed by atoms with van der Waals surface area (Å²) in [5, 5.41) is 4.65. The average molecular weight is 353 g/mol. The molecule has 3 aromatic rings. The van der Waals surface area contributed by atoms with E-state index in [1.807, 2.05) is 29.5 Å². The SMILES string of the molecule is CC1CCc2c(sc3ncnc(Nc4ccc5c(c4)OCCO5)c23)C1. The van der Waals surface area contributed by atoms with E-state index in [0.29, 0.717) is 13.2 Å². The van der Waals surface area contributed by atoms with E-state index in [2.05, 4.69) is 22.2 Å². The highest BCUT2D eigenvalue weighted by atomic mass is 32.1. The quantitative estimate of drug-likeness (QED) is 0.743. The van der Waals surface area contributed by atoms with E-state index in [1.54, 1.807) is 6.33 Å². The molecule has 1 atom stereocenters. The molecule has 25 heavy (non-hydrogen) atoms. The van der Waals surface area contributed by atoms with Gasteiger partial charge in [-0.2, -0.15) is 0 Å². The molecule has 2 aliphatic rings. The van der Waals surface area contributed by atoms with Gasteiger partial charge in [0.15, 0.2) is 11.5 Å². The van der Waals surface area contributed by atoms with Gasteiger partial charge in [0.25, 0.3) is 0 Å². The summed E-state index contributed by atoms with van der Waals surface area (Å²) < 4.78 is 11.3. The van der Waals surface area contributed by atoms with Gasteiger partial charge in [0.05, 0.1) is 5.39 Å². The fourth-order valence-electron chi connectivity index (χ4n) is 3.63. The Kier molecular flexibility index (Phi) is 3.52. The molecule has 1 aromatic carbocycles. The zero-order valence-electron chi connectivity index (χ0n) is 14.0. The molecule has 5 rings (SSSR count). The van der Waals surface area contributed by atoms with Crippen LogP contribution in [0.4, 0.5) is 11.5 Å². The molecular formula is C19H19N3O2S. The number of aryl methyl sites for hydroxylation is 1. The minimum atomic E-state index is 0.588. The van der Waals surface area contributed by atoms with Crippen molar-refractivity contribution in [1.82, 2.24) is 9.97 Å². The van der Waals surface area contributed by atoms with Gasteiger partial charge in [-0.25, -0.2) is 9.97 Å². The molecule has 0 amide bonds. The molecule has 3 heterocycles. The normalized spacial score (nSPS) is 18.8. The summed E-state index contributed by atoms with van der Waals surface area (Å²) in [6.45, 7) is 3.52. The van der Waals surface area contributed by atoms with Gasteiger partial charge in [0, 0.05) is 16.6 Å². The first-order valence-corrected chi connectivity index (χ1v) is 9.51. The standard InChI is InChI=1S/C19H19N3O2S/c1-11-2-4-13-16(8-11)25-19-17(13)18(20-10-21-19)22-12-3-5-14-15(9-12)24-7-6-23-14/h3,5,9-11H,2,4,6-8H2,1H3,(H,20,21,22).